The number of hydrogen-bond acceptors (Lipinski definition) is 5. The SMILES string of the molecule is Cc1ccc(C(=O)N2CCC(c3nnc(-c4nccc5ccccc45)o3)CC2)cc1. The van der Waals surface area contributed by atoms with Gasteiger partial charge in [0.05, 0.1) is 0 Å². The molecule has 0 radical (unpaired) electrons. The van der Waals surface area contributed by atoms with Crippen molar-refractivity contribution in [1.82, 2.24) is 20.1 Å². The lowest BCUT2D eigenvalue weighted by molar-refractivity contribution is 0.0706. The van der Waals surface area contributed by atoms with Crippen LogP contribution in [0.4, 0.5) is 0 Å². The fraction of sp³-hybridized carbons (Fsp3) is 0.250. The summed E-state index contributed by atoms with van der Waals surface area (Å²) in [5, 5.41) is 10.6. The zero-order valence-electron chi connectivity index (χ0n) is 16.8. The number of aromatic nitrogens is 3. The quantitative estimate of drug-likeness (QED) is 0.504. The smallest absolute Gasteiger partial charge is 0.266 e. The lowest BCUT2D eigenvalue weighted by atomic mass is 9.96. The number of rotatable bonds is 3. The first-order valence-electron chi connectivity index (χ1n) is 10.2. The molecule has 2 aromatic heterocycles. The van der Waals surface area contributed by atoms with Crippen molar-refractivity contribution in [1.29, 1.82) is 0 Å². The van der Waals surface area contributed by atoms with Crippen LogP contribution < -0.4 is 0 Å². The van der Waals surface area contributed by atoms with Crippen LogP contribution in [0, 0.1) is 6.92 Å². The molecule has 150 valence electrons. The molecule has 1 amide bonds. The van der Waals surface area contributed by atoms with E-state index in [0.717, 1.165) is 34.7 Å². The number of benzene rings is 2. The van der Waals surface area contributed by atoms with Gasteiger partial charge in [-0.25, -0.2) is 0 Å². The van der Waals surface area contributed by atoms with Crippen molar-refractivity contribution in [3.63, 3.8) is 0 Å². The number of carbonyl (C=O) groups excluding carboxylic acids is 1. The molecule has 5 rings (SSSR count). The summed E-state index contributed by atoms with van der Waals surface area (Å²) in [5.41, 5.74) is 2.60. The van der Waals surface area contributed by atoms with Crippen molar-refractivity contribution < 1.29 is 9.21 Å². The molecule has 3 heterocycles. The molecular formula is C24H22N4O2. The van der Waals surface area contributed by atoms with Crippen molar-refractivity contribution in [2.75, 3.05) is 13.1 Å². The highest BCUT2D eigenvalue weighted by Crippen LogP contribution is 2.31. The van der Waals surface area contributed by atoms with Gasteiger partial charge in [-0.15, -0.1) is 10.2 Å². The van der Waals surface area contributed by atoms with E-state index in [0.29, 0.717) is 30.6 Å². The minimum absolute atomic E-state index is 0.0830. The summed E-state index contributed by atoms with van der Waals surface area (Å²) in [6, 6.07) is 17.7. The molecule has 1 saturated heterocycles. The topological polar surface area (TPSA) is 72.1 Å². The van der Waals surface area contributed by atoms with E-state index in [2.05, 4.69) is 15.2 Å². The second-order valence-electron chi connectivity index (χ2n) is 7.76. The van der Waals surface area contributed by atoms with Gasteiger partial charge < -0.3 is 9.32 Å². The molecule has 6 nitrogen and oxygen atoms in total. The van der Waals surface area contributed by atoms with Crippen LogP contribution in [0.25, 0.3) is 22.4 Å². The predicted octanol–water partition coefficient (Wildman–Crippen LogP) is 4.61. The van der Waals surface area contributed by atoms with Gasteiger partial charge in [0.25, 0.3) is 11.8 Å². The van der Waals surface area contributed by atoms with Gasteiger partial charge in [-0.05, 0) is 43.4 Å². The first-order chi connectivity index (χ1) is 14.7. The number of nitrogens with zero attached hydrogens (tertiary/aromatic N) is 4. The minimum atomic E-state index is 0.0830. The van der Waals surface area contributed by atoms with E-state index < -0.39 is 0 Å². The van der Waals surface area contributed by atoms with Crippen LogP contribution in [0.3, 0.4) is 0 Å². The Labute approximate surface area is 174 Å². The summed E-state index contributed by atoms with van der Waals surface area (Å²) in [6.07, 6.45) is 3.38. The van der Waals surface area contributed by atoms with Crippen LogP contribution in [0.2, 0.25) is 0 Å². The van der Waals surface area contributed by atoms with Gasteiger partial charge in [-0.2, -0.15) is 0 Å². The Balaban J connectivity index is 1.30. The Kier molecular flexibility index (Phi) is 4.75. The summed E-state index contributed by atoms with van der Waals surface area (Å²) in [5.74, 6) is 1.31. The van der Waals surface area contributed by atoms with Crippen molar-refractivity contribution >= 4 is 16.7 Å². The Morgan fingerprint density at radius 3 is 2.57 bits per heavy atom. The average Bonchev–Trinajstić information content (AvgIpc) is 3.29. The van der Waals surface area contributed by atoms with E-state index in [1.54, 1.807) is 6.20 Å². The molecule has 30 heavy (non-hydrogen) atoms. The largest absolute Gasteiger partial charge is 0.419 e. The monoisotopic (exact) mass is 398 g/mol. The molecule has 1 fully saturated rings. The number of pyridine rings is 1. The summed E-state index contributed by atoms with van der Waals surface area (Å²) in [4.78, 5) is 19.1. The van der Waals surface area contributed by atoms with Gasteiger partial charge in [0.1, 0.15) is 5.69 Å². The Morgan fingerprint density at radius 1 is 1.00 bits per heavy atom. The van der Waals surface area contributed by atoms with Crippen LogP contribution in [0.5, 0.6) is 0 Å². The van der Waals surface area contributed by atoms with E-state index in [-0.39, 0.29) is 11.8 Å². The van der Waals surface area contributed by atoms with E-state index >= 15 is 0 Å². The number of likely N-dealkylation sites (tertiary alicyclic amines) is 1. The number of piperidine rings is 1. The lowest BCUT2D eigenvalue weighted by Gasteiger charge is -2.30. The van der Waals surface area contributed by atoms with Gasteiger partial charge in [0.2, 0.25) is 5.89 Å². The van der Waals surface area contributed by atoms with Crippen molar-refractivity contribution in [3.8, 4) is 11.6 Å². The van der Waals surface area contributed by atoms with Gasteiger partial charge in [0.15, 0.2) is 0 Å². The highest BCUT2D eigenvalue weighted by molar-refractivity contribution is 5.94. The molecule has 1 aliphatic heterocycles. The fourth-order valence-electron chi connectivity index (χ4n) is 3.99. The van der Waals surface area contributed by atoms with Gasteiger partial charge in [-0.3, -0.25) is 9.78 Å². The van der Waals surface area contributed by atoms with Crippen LogP contribution >= 0.6 is 0 Å². The molecule has 0 aliphatic carbocycles. The van der Waals surface area contributed by atoms with Crippen molar-refractivity contribution in [2.45, 2.75) is 25.7 Å². The molecule has 0 spiro atoms. The number of carbonyl (C=O) groups is 1. The maximum absolute atomic E-state index is 12.7. The van der Waals surface area contributed by atoms with Crippen LogP contribution in [-0.2, 0) is 0 Å². The molecule has 1 aliphatic rings. The van der Waals surface area contributed by atoms with E-state index in [1.807, 2.05) is 66.4 Å². The minimum Gasteiger partial charge on any atom is -0.419 e. The summed E-state index contributed by atoms with van der Waals surface area (Å²) < 4.78 is 6.02. The highest BCUT2D eigenvalue weighted by atomic mass is 16.4. The molecular weight excluding hydrogens is 376 g/mol. The zero-order chi connectivity index (χ0) is 20.5. The Morgan fingerprint density at radius 2 is 1.77 bits per heavy atom. The van der Waals surface area contributed by atoms with Gasteiger partial charge >= 0.3 is 0 Å². The molecule has 0 saturated carbocycles. The van der Waals surface area contributed by atoms with Crippen LogP contribution in [-0.4, -0.2) is 39.1 Å². The maximum Gasteiger partial charge on any atom is 0.266 e. The summed E-state index contributed by atoms with van der Waals surface area (Å²) in [6.45, 7) is 3.38. The van der Waals surface area contributed by atoms with Gasteiger partial charge in [0, 0.05) is 36.2 Å². The average molecular weight is 398 g/mol. The summed E-state index contributed by atoms with van der Waals surface area (Å²) >= 11 is 0. The number of fused-ring (bicyclic) bond motifs is 1. The molecule has 4 aromatic rings. The first kappa shape index (κ1) is 18.5. The first-order valence-corrected chi connectivity index (χ1v) is 10.2. The zero-order valence-corrected chi connectivity index (χ0v) is 16.8. The Hall–Kier alpha value is -3.54. The van der Waals surface area contributed by atoms with Crippen LogP contribution in [0.1, 0.15) is 40.6 Å². The van der Waals surface area contributed by atoms with Crippen LogP contribution in [0.15, 0.2) is 65.2 Å². The third-order valence-corrected chi connectivity index (χ3v) is 5.75. The standard InChI is InChI=1S/C24H22N4O2/c1-16-6-8-19(9-7-16)24(29)28-14-11-18(12-15-28)22-26-27-23(30-22)21-20-5-3-2-4-17(20)10-13-25-21/h2-10,13,18H,11-12,14-15H2,1H3. The second-order valence-corrected chi connectivity index (χ2v) is 7.76. The number of amides is 1. The normalized spacial score (nSPS) is 14.9. The lowest BCUT2D eigenvalue weighted by Crippen LogP contribution is -2.38. The third kappa shape index (κ3) is 3.45. The van der Waals surface area contributed by atoms with E-state index in [9.17, 15) is 4.79 Å². The highest BCUT2D eigenvalue weighted by Gasteiger charge is 2.28. The molecule has 0 bridgehead atoms. The molecule has 0 unspecified atom stereocenters. The van der Waals surface area contributed by atoms with Gasteiger partial charge in [-0.1, -0.05) is 42.0 Å². The Bertz CT molecular complexity index is 1190. The van der Waals surface area contributed by atoms with Crippen molar-refractivity contribution in [3.05, 3.63) is 77.8 Å². The molecule has 0 N–H and O–H groups in total. The molecule has 6 heteroatoms. The fourth-order valence-corrected chi connectivity index (χ4v) is 3.99. The second kappa shape index (κ2) is 7.71. The molecule has 2 aromatic carbocycles. The summed E-state index contributed by atoms with van der Waals surface area (Å²) in [7, 11) is 0. The molecule has 0 atom stereocenters. The third-order valence-electron chi connectivity index (χ3n) is 5.75. The number of aryl methyl sites for hydroxylation is 1. The predicted molar refractivity (Wildman–Crippen MR) is 114 cm³/mol. The van der Waals surface area contributed by atoms with E-state index in [1.165, 1.54) is 0 Å². The number of hydrogen-bond donors (Lipinski definition) is 0. The van der Waals surface area contributed by atoms with E-state index in [4.69, 9.17) is 4.42 Å². The maximum atomic E-state index is 12.7. The van der Waals surface area contributed by atoms with Crippen molar-refractivity contribution in [2.24, 2.45) is 0 Å².